The molecule has 1 N–H and O–H groups in total. The van der Waals surface area contributed by atoms with E-state index < -0.39 is 5.82 Å². The highest BCUT2D eigenvalue weighted by Crippen LogP contribution is 2.21. The third-order valence-electron chi connectivity index (χ3n) is 2.23. The van der Waals surface area contributed by atoms with Crippen molar-refractivity contribution in [1.29, 1.82) is 0 Å². The summed E-state index contributed by atoms with van der Waals surface area (Å²) >= 11 is 1.38. The van der Waals surface area contributed by atoms with Gasteiger partial charge in [-0.1, -0.05) is 42.1 Å². The van der Waals surface area contributed by atoms with Crippen LogP contribution in [-0.4, -0.2) is 15.9 Å². The zero-order valence-corrected chi connectivity index (χ0v) is 11.1. The van der Waals surface area contributed by atoms with Crippen LogP contribution in [0.3, 0.4) is 0 Å². The summed E-state index contributed by atoms with van der Waals surface area (Å²) in [5.74, 6) is -0.402. The Labute approximate surface area is 114 Å². The topological polar surface area (TPSA) is 54.9 Å². The lowest BCUT2D eigenvalue weighted by molar-refractivity contribution is -0.114. The molecule has 1 aromatic carbocycles. The molecule has 1 heterocycles. The van der Waals surface area contributed by atoms with E-state index in [4.69, 9.17) is 0 Å². The predicted octanol–water partition coefficient (Wildman–Crippen LogP) is 2.87. The molecule has 0 unspecified atom stereocenters. The van der Waals surface area contributed by atoms with Gasteiger partial charge < -0.3 is 5.32 Å². The number of amides is 1. The van der Waals surface area contributed by atoms with Gasteiger partial charge in [0.05, 0.1) is 6.20 Å². The van der Waals surface area contributed by atoms with Crippen LogP contribution >= 0.6 is 11.8 Å². The predicted molar refractivity (Wildman–Crippen MR) is 72.3 cm³/mol. The largest absolute Gasteiger partial charge is 0.308 e. The molecule has 0 saturated heterocycles. The molecule has 4 nitrogen and oxygen atoms in total. The van der Waals surface area contributed by atoms with E-state index in [0.717, 1.165) is 11.8 Å². The van der Waals surface area contributed by atoms with Gasteiger partial charge in [-0.15, -0.1) is 0 Å². The molecule has 1 aromatic heterocycles. The molecule has 0 fully saturated rings. The lowest BCUT2D eigenvalue weighted by Gasteiger charge is -2.05. The van der Waals surface area contributed by atoms with E-state index in [1.54, 1.807) is 0 Å². The summed E-state index contributed by atoms with van der Waals surface area (Å²) in [6.45, 7) is 1.30. The van der Waals surface area contributed by atoms with Crippen molar-refractivity contribution in [3.05, 3.63) is 47.9 Å². The standard InChI is InChI=1S/C13H12FN3OS/c1-9(18)16-12-11(14)7-15-13(17-12)19-8-10-5-3-2-4-6-10/h2-7H,8H2,1H3,(H,15,16,17,18). The molecule has 0 spiro atoms. The third-order valence-corrected chi connectivity index (χ3v) is 3.16. The number of carbonyl (C=O) groups is 1. The molecule has 0 radical (unpaired) electrons. The zero-order chi connectivity index (χ0) is 13.7. The SMILES string of the molecule is CC(=O)Nc1nc(SCc2ccccc2)ncc1F. The van der Waals surface area contributed by atoms with Gasteiger partial charge >= 0.3 is 0 Å². The molecular weight excluding hydrogens is 265 g/mol. The monoisotopic (exact) mass is 277 g/mol. The summed E-state index contributed by atoms with van der Waals surface area (Å²) in [7, 11) is 0. The number of halogens is 1. The molecule has 0 aliphatic heterocycles. The minimum atomic E-state index is -0.640. The molecule has 0 aliphatic carbocycles. The van der Waals surface area contributed by atoms with Crippen molar-refractivity contribution in [2.45, 2.75) is 17.8 Å². The van der Waals surface area contributed by atoms with Gasteiger partial charge in [-0.3, -0.25) is 4.79 Å². The van der Waals surface area contributed by atoms with Crippen molar-refractivity contribution < 1.29 is 9.18 Å². The minimum Gasteiger partial charge on any atom is -0.308 e. The lowest BCUT2D eigenvalue weighted by Crippen LogP contribution is -2.10. The second kappa shape index (κ2) is 6.29. The number of rotatable bonds is 4. The first-order valence-corrected chi connectivity index (χ1v) is 6.60. The van der Waals surface area contributed by atoms with E-state index in [0.29, 0.717) is 10.9 Å². The summed E-state index contributed by atoms with van der Waals surface area (Å²) in [6.07, 6.45) is 1.06. The Balaban J connectivity index is 2.06. The Morgan fingerprint density at radius 2 is 2.11 bits per heavy atom. The summed E-state index contributed by atoms with van der Waals surface area (Å²) in [5.41, 5.74) is 1.13. The fourth-order valence-corrected chi connectivity index (χ4v) is 2.17. The van der Waals surface area contributed by atoms with Crippen molar-refractivity contribution >= 4 is 23.5 Å². The van der Waals surface area contributed by atoms with Gasteiger partial charge in [0.25, 0.3) is 0 Å². The van der Waals surface area contributed by atoms with E-state index in [2.05, 4.69) is 15.3 Å². The number of carbonyl (C=O) groups excluding carboxylic acids is 1. The Hall–Kier alpha value is -1.95. The van der Waals surface area contributed by atoms with Gasteiger partial charge in [0.2, 0.25) is 5.91 Å². The molecule has 1 amide bonds. The highest BCUT2D eigenvalue weighted by molar-refractivity contribution is 7.98. The second-order valence-electron chi connectivity index (χ2n) is 3.80. The van der Waals surface area contributed by atoms with Crippen LogP contribution in [0.5, 0.6) is 0 Å². The maximum Gasteiger partial charge on any atom is 0.222 e. The highest BCUT2D eigenvalue weighted by atomic mass is 32.2. The Kier molecular flexibility index (Phi) is 4.46. The molecule has 2 rings (SSSR count). The maximum atomic E-state index is 13.3. The van der Waals surface area contributed by atoms with Gasteiger partial charge in [0, 0.05) is 12.7 Å². The van der Waals surface area contributed by atoms with Gasteiger partial charge in [-0.25, -0.2) is 14.4 Å². The fourth-order valence-electron chi connectivity index (χ4n) is 1.40. The first kappa shape index (κ1) is 13.5. The van der Waals surface area contributed by atoms with Gasteiger partial charge in [0.15, 0.2) is 16.8 Å². The molecular formula is C13H12FN3OS. The molecule has 0 saturated carbocycles. The summed E-state index contributed by atoms with van der Waals surface area (Å²) < 4.78 is 13.3. The van der Waals surface area contributed by atoms with Gasteiger partial charge in [0.1, 0.15) is 0 Å². The Morgan fingerprint density at radius 3 is 2.79 bits per heavy atom. The van der Waals surface area contributed by atoms with Crippen LogP contribution < -0.4 is 5.32 Å². The quantitative estimate of drug-likeness (QED) is 0.689. The van der Waals surface area contributed by atoms with Crippen LogP contribution in [0, 0.1) is 5.82 Å². The molecule has 0 aliphatic rings. The van der Waals surface area contributed by atoms with Crippen LogP contribution in [0.25, 0.3) is 0 Å². The van der Waals surface area contributed by atoms with Crippen LogP contribution in [0.1, 0.15) is 12.5 Å². The van der Waals surface area contributed by atoms with Crippen molar-refractivity contribution in [2.75, 3.05) is 5.32 Å². The van der Waals surface area contributed by atoms with E-state index >= 15 is 0 Å². The molecule has 19 heavy (non-hydrogen) atoms. The lowest BCUT2D eigenvalue weighted by atomic mass is 10.2. The van der Waals surface area contributed by atoms with Crippen molar-refractivity contribution in [3.8, 4) is 0 Å². The van der Waals surface area contributed by atoms with Crippen molar-refractivity contribution in [3.63, 3.8) is 0 Å². The third kappa shape index (κ3) is 4.03. The molecule has 0 atom stereocenters. The van der Waals surface area contributed by atoms with Crippen LogP contribution in [0.4, 0.5) is 10.2 Å². The maximum absolute atomic E-state index is 13.3. The number of aromatic nitrogens is 2. The molecule has 2 aromatic rings. The first-order chi connectivity index (χ1) is 9.15. The van der Waals surface area contributed by atoms with Crippen LogP contribution in [0.2, 0.25) is 0 Å². The fraction of sp³-hybridized carbons (Fsp3) is 0.154. The minimum absolute atomic E-state index is 0.0851. The number of hydrogen-bond acceptors (Lipinski definition) is 4. The average Bonchev–Trinajstić information content (AvgIpc) is 2.40. The van der Waals surface area contributed by atoms with Crippen LogP contribution in [-0.2, 0) is 10.5 Å². The smallest absolute Gasteiger partial charge is 0.222 e. The summed E-state index contributed by atoms with van der Waals surface area (Å²) in [6, 6.07) is 9.82. The van der Waals surface area contributed by atoms with E-state index in [1.165, 1.54) is 18.7 Å². The van der Waals surface area contributed by atoms with E-state index in [-0.39, 0.29) is 11.7 Å². The zero-order valence-electron chi connectivity index (χ0n) is 10.3. The highest BCUT2D eigenvalue weighted by Gasteiger charge is 2.08. The summed E-state index contributed by atoms with van der Waals surface area (Å²) in [4.78, 5) is 18.8. The first-order valence-electron chi connectivity index (χ1n) is 5.62. The molecule has 6 heteroatoms. The number of thioether (sulfide) groups is 1. The second-order valence-corrected chi connectivity index (χ2v) is 4.75. The number of nitrogens with one attached hydrogen (secondary N) is 1. The van der Waals surface area contributed by atoms with Crippen molar-refractivity contribution in [1.82, 2.24) is 9.97 Å². The van der Waals surface area contributed by atoms with Crippen molar-refractivity contribution in [2.24, 2.45) is 0 Å². The van der Waals surface area contributed by atoms with Gasteiger partial charge in [-0.2, -0.15) is 0 Å². The van der Waals surface area contributed by atoms with E-state index in [9.17, 15) is 9.18 Å². The number of anilines is 1. The number of hydrogen-bond donors (Lipinski definition) is 1. The van der Waals surface area contributed by atoms with Crippen LogP contribution in [0.15, 0.2) is 41.7 Å². The molecule has 0 bridgehead atoms. The normalized spacial score (nSPS) is 10.2. The van der Waals surface area contributed by atoms with Gasteiger partial charge in [-0.05, 0) is 5.56 Å². The number of nitrogens with zero attached hydrogens (tertiary/aromatic N) is 2. The van der Waals surface area contributed by atoms with E-state index in [1.807, 2.05) is 30.3 Å². The average molecular weight is 277 g/mol. The summed E-state index contributed by atoms with van der Waals surface area (Å²) in [5, 5.41) is 2.76. The molecule has 98 valence electrons. The number of benzene rings is 1. The Bertz CT molecular complexity index is 577. The Morgan fingerprint density at radius 1 is 1.37 bits per heavy atom.